The van der Waals surface area contributed by atoms with Gasteiger partial charge in [0.15, 0.2) is 34.0 Å². The standard InChI is InChI=1S/C43H24N4S.C23H12ClN3S.C21H14/c1-44-32-19-15-28(16-20-32)42-45-39-36-24-31(26-9-3-2-4-10-26)18-22-38(36)48-41(39)43(46-42)47-37-25-30-13-6-5-12-29(30)23-35(37)34-21-17-27-11-7-8-14-33(27)40(34)47;1-25-17-10-7-15(8-11-17)23-26-20-18-13-16(14-5-3-2-4-6-14)9-12-19(18)28-21(20)22(24)27-23;1-2-7-16-12-20-17(11-15(16)6-1)13-21-18-8-4-3-5-14(18)9-10-19(20)21/h2-25H;2-13H;1-12H,13H2/i2D,3D,4D,9D,10D;2D,3D,4D,5D,6D;. The number of benzene rings is 14. The van der Waals surface area contributed by atoms with Gasteiger partial charge in [0.2, 0.25) is 0 Å². The van der Waals surface area contributed by atoms with Crippen LogP contribution < -0.4 is 0 Å². The van der Waals surface area contributed by atoms with Gasteiger partial charge in [0.05, 0.1) is 58.3 Å². The van der Waals surface area contributed by atoms with E-state index >= 15 is 0 Å². The zero-order valence-electron chi connectivity index (χ0n) is 61.0. The molecule has 5 heterocycles. The van der Waals surface area contributed by atoms with Crippen molar-refractivity contribution in [2.45, 2.75) is 6.42 Å². The molecular weight excluding hydrogens is 1240 g/mol. The molecule has 7 nitrogen and oxygen atoms in total. The largest absolute Gasteiger partial charge is 0.292 e. The average Bonchev–Trinajstić information content (AvgIpc) is 1.56. The molecule has 0 N–H and O–H groups in total. The fourth-order valence-electron chi connectivity index (χ4n) is 13.5. The van der Waals surface area contributed by atoms with E-state index in [-0.39, 0.29) is 59.5 Å². The molecule has 0 aliphatic heterocycles. The van der Waals surface area contributed by atoms with Crippen molar-refractivity contribution in [1.82, 2.24) is 24.5 Å². The normalized spacial score (nSPS) is 13.1. The van der Waals surface area contributed by atoms with Gasteiger partial charge in [0, 0.05) is 47.5 Å². The van der Waals surface area contributed by atoms with Crippen LogP contribution in [-0.2, 0) is 6.42 Å². The minimum Gasteiger partial charge on any atom is -0.292 e. The Morgan fingerprint density at radius 2 is 0.887 bits per heavy atom. The Morgan fingerprint density at radius 1 is 0.392 bits per heavy atom. The highest BCUT2D eigenvalue weighted by Gasteiger charge is 2.25. The number of fused-ring (bicyclic) bond motifs is 18. The Kier molecular flexibility index (Phi) is 11.6. The Morgan fingerprint density at radius 3 is 1.49 bits per heavy atom. The molecule has 0 saturated carbocycles. The Balaban J connectivity index is 0.000000127. The van der Waals surface area contributed by atoms with Gasteiger partial charge in [-0.15, -0.1) is 22.7 Å². The van der Waals surface area contributed by atoms with E-state index in [1.165, 1.54) is 55.1 Å². The molecule has 97 heavy (non-hydrogen) atoms. The molecule has 0 unspecified atom stereocenters. The molecule has 5 aromatic heterocycles. The van der Waals surface area contributed by atoms with E-state index in [1.54, 1.807) is 59.9 Å². The number of rotatable bonds is 5. The van der Waals surface area contributed by atoms with Gasteiger partial charge < -0.3 is 0 Å². The van der Waals surface area contributed by atoms with Crippen LogP contribution in [0.15, 0.2) is 291 Å². The van der Waals surface area contributed by atoms with E-state index < -0.39 is 12.1 Å². The Bertz CT molecular complexity index is 7110. The number of hydrogen-bond acceptors (Lipinski definition) is 6. The second-order valence-corrected chi connectivity index (χ2v) is 26.1. The van der Waals surface area contributed by atoms with Crippen LogP contribution in [0.5, 0.6) is 0 Å². The third-order valence-corrected chi connectivity index (χ3v) is 20.8. The van der Waals surface area contributed by atoms with Gasteiger partial charge in [0.25, 0.3) is 0 Å². The smallest absolute Gasteiger partial charge is 0.187 e. The van der Waals surface area contributed by atoms with Crippen molar-refractivity contribution in [3.63, 3.8) is 0 Å². The number of thiophene rings is 2. The van der Waals surface area contributed by atoms with Crippen molar-refractivity contribution >= 4 is 151 Å². The molecule has 0 radical (unpaired) electrons. The van der Waals surface area contributed by atoms with Crippen LogP contribution in [0.4, 0.5) is 11.4 Å². The maximum absolute atomic E-state index is 8.67. The molecule has 19 aromatic rings. The van der Waals surface area contributed by atoms with E-state index in [0.29, 0.717) is 66.4 Å². The summed E-state index contributed by atoms with van der Waals surface area (Å²) in [6.07, 6.45) is 1.05. The van der Waals surface area contributed by atoms with E-state index in [2.05, 4.69) is 153 Å². The lowest BCUT2D eigenvalue weighted by Crippen LogP contribution is -2.02. The molecule has 452 valence electrons. The van der Waals surface area contributed by atoms with Crippen LogP contribution in [-0.4, -0.2) is 24.5 Å². The summed E-state index contributed by atoms with van der Waals surface area (Å²) < 4.78 is 88.0. The van der Waals surface area contributed by atoms with Crippen LogP contribution in [0.25, 0.3) is 177 Å². The summed E-state index contributed by atoms with van der Waals surface area (Å²) >= 11 is 9.47. The minimum atomic E-state index is -0.427. The summed E-state index contributed by atoms with van der Waals surface area (Å²) in [6, 6.07) is 73.8. The summed E-state index contributed by atoms with van der Waals surface area (Å²) in [5.41, 5.74) is 12.9. The first-order chi connectivity index (χ1) is 52.0. The molecular formula is C87H50ClN7S2. The van der Waals surface area contributed by atoms with Gasteiger partial charge in [-0.25, -0.2) is 29.6 Å². The fourth-order valence-corrected chi connectivity index (χ4v) is 15.8. The van der Waals surface area contributed by atoms with Gasteiger partial charge in [-0.3, -0.25) is 4.57 Å². The van der Waals surface area contributed by atoms with E-state index in [9.17, 15) is 0 Å². The third-order valence-electron chi connectivity index (χ3n) is 18.1. The van der Waals surface area contributed by atoms with Crippen molar-refractivity contribution in [2.75, 3.05) is 0 Å². The molecule has 20 rings (SSSR count). The van der Waals surface area contributed by atoms with Crippen LogP contribution in [0.1, 0.15) is 24.8 Å². The van der Waals surface area contributed by atoms with Crippen molar-refractivity contribution in [2.24, 2.45) is 0 Å². The third kappa shape index (κ3) is 10.1. The highest BCUT2D eigenvalue weighted by molar-refractivity contribution is 7.26. The average molecular weight is 1300 g/mol. The van der Waals surface area contributed by atoms with Crippen molar-refractivity contribution < 1.29 is 13.7 Å². The van der Waals surface area contributed by atoms with Crippen LogP contribution in [0, 0.1) is 13.1 Å². The highest BCUT2D eigenvalue weighted by atomic mass is 35.5. The quantitative estimate of drug-likeness (QED) is 0.127. The summed E-state index contributed by atoms with van der Waals surface area (Å²) in [7, 11) is 0. The second kappa shape index (κ2) is 23.7. The number of nitrogens with zero attached hydrogens (tertiary/aromatic N) is 7. The summed E-state index contributed by atoms with van der Waals surface area (Å²) in [4.78, 5) is 26.6. The van der Waals surface area contributed by atoms with Crippen LogP contribution >= 0.6 is 34.3 Å². The lowest BCUT2D eigenvalue weighted by atomic mass is 9.98. The summed E-state index contributed by atoms with van der Waals surface area (Å²) in [5.74, 6) is 1.60. The monoisotopic (exact) mass is 1300 g/mol. The fraction of sp³-hybridized carbons (Fsp3) is 0.0115. The van der Waals surface area contributed by atoms with E-state index in [1.807, 2.05) is 48.5 Å². The number of hydrogen-bond donors (Lipinski definition) is 0. The van der Waals surface area contributed by atoms with Crippen molar-refractivity contribution in [3.05, 3.63) is 330 Å². The SMILES string of the molecule is [2H]c1c([2H])c([2H])c(-c2ccc3sc4c(-n5c6cc7ccccc7cc6c6ccc7ccccc7c65)nc(-c5ccc([N+]#[C-])cc5)nc4c3c2)c([2H])c1[2H].[2H]c1c([2H])c([2H])c(-c2ccc3sc4c(Cl)nc(-c5ccc([N+]#[C-])cc5)nc4c3c2)c([2H])c1[2H].c1ccc2cc3c(cc2c1)Cc1c-3ccc2ccccc12. The van der Waals surface area contributed by atoms with Gasteiger partial charge in [-0.05, 0) is 131 Å². The first-order valence-corrected chi connectivity index (χ1v) is 33.1. The molecule has 0 atom stereocenters. The Labute approximate surface area is 584 Å². The lowest BCUT2D eigenvalue weighted by Gasteiger charge is -2.12. The van der Waals surface area contributed by atoms with Crippen molar-refractivity contribution in [1.29, 1.82) is 0 Å². The molecule has 0 saturated heterocycles. The Hall–Kier alpha value is -12.2. The summed E-state index contributed by atoms with van der Waals surface area (Å²) in [5, 5.41) is 13.9. The van der Waals surface area contributed by atoms with Gasteiger partial charge in [-0.2, -0.15) is 0 Å². The van der Waals surface area contributed by atoms with E-state index in [0.717, 1.165) is 80.2 Å². The van der Waals surface area contributed by atoms with Gasteiger partial charge >= 0.3 is 0 Å². The molecule has 14 aromatic carbocycles. The number of halogens is 1. The predicted octanol–water partition coefficient (Wildman–Crippen LogP) is 25.1. The molecule has 0 amide bonds. The maximum atomic E-state index is 8.67. The second-order valence-electron chi connectivity index (χ2n) is 23.6. The summed E-state index contributed by atoms with van der Waals surface area (Å²) in [6.45, 7) is 14.6. The van der Waals surface area contributed by atoms with Crippen LogP contribution in [0.2, 0.25) is 5.15 Å². The predicted molar refractivity (Wildman–Crippen MR) is 408 cm³/mol. The van der Waals surface area contributed by atoms with Crippen molar-refractivity contribution in [3.8, 4) is 62.0 Å². The first kappa shape index (κ1) is 47.6. The molecule has 0 bridgehead atoms. The molecule has 0 fully saturated rings. The van der Waals surface area contributed by atoms with E-state index in [4.69, 9.17) is 53.4 Å². The molecule has 1 aliphatic rings. The minimum absolute atomic E-state index is 0.136. The zero-order chi connectivity index (χ0) is 73.4. The zero-order valence-corrected chi connectivity index (χ0v) is 53.4. The number of aromatic nitrogens is 5. The van der Waals surface area contributed by atoms with Gasteiger partial charge in [0.1, 0.15) is 0 Å². The lowest BCUT2D eigenvalue weighted by molar-refractivity contribution is 1.09. The first-order valence-electron chi connectivity index (χ1n) is 36.1. The van der Waals surface area contributed by atoms with Crippen LogP contribution in [0.3, 0.4) is 0 Å². The molecule has 1 aliphatic carbocycles. The maximum Gasteiger partial charge on any atom is 0.187 e. The highest BCUT2D eigenvalue weighted by Crippen LogP contribution is 2.46. The topological polar surface area (TPSA) is 65.2 Å². The molecule has 0 spiro atoms. The molecule has 10 heteroatoms. The van der Waals surface area contributed by atoms with Gasteiger partial charge in [-0.1, -0.05) is 260 Å².